The molecule has 0 aromatic rings. The van der Waals surface area contributed by atoms with Crippen molar-refractivity contribution in [2.24, 2.45) is 29.6 Å². The number of hydrogen-bond acceptors (Lipinski definition) is 0. The van der Waals surface area contributed by atoms with E-state index in [0.29, 0.717) is 0 Å². The van der Waals surface area contributed by atoms with Crippen molar-refractivity contribution in [1.82, 2.24) is 0 Å². The Kier molecular flexibility index (Phi) is 13.8. The quantitative estimate of drug-likeness (QED) is 0.406. The summed E-state index contributed by atoms with van der Waals surface area (Å²) in [5.41, 5.74) is 0. The van der Waals surface area contributed by atoms with Gasteiger partial charge in [0.25, 0.3) is 0 Å². The molecule has 0 bridgehead atoms. The van der Waals surface area contributed by atoms with Gasteiger partial charge in [-0.2, -0.15) is 0 Å². The largest absolute Gasteiger partial charge is 0.0651 e. The van der Waals surface area contributed by atoms with Crippen LogP contribution < -0.4 is 0 Å². The van der Waals surface area contributed by atoms with Gasteiger partial charge in [0.2, 0.25) is 0 Å². The van der Waals surface area contributed by atoms with Gasteiger partial charge in [-0.25, -0.2) is 0 Å². The van der Waals surface area contributed by atoms with E-state index < -0.39 is 0 Å². The van der Waals surface area contributed by atoms with Gasteiger partial charge >= 0.3 is 0 Å². The van der Waals surface area contributed by atoms with Crippen molar-refractivity contribution in [2.45, 2.75) is 174 Å². The fourth-order valence-corrected chi connectivity index (χ4v) is 8.02. The second-order valence-electron chi connectivity index (χ2n) is 12.5. The predicted molar refractivity (Wildman–Crippen MR) is 143 cm³/mol. The van der Waals surface area contributed by atoms with Crippen LogP contribution >= 0.6 is 0 Å². The monoisotopic (exact) mass is 444 g/mol. The molecule has 5 aliphatic rings. The predicted octanol–water partition coefficient (Wildman–Crippen LogP) is 11.3. The maximum absolute atomic E-state index is 2.32. The molecular formula is C32H60. The summed E-state index contributed by atoms with van der Waals surface area (Å²) in [7, 11) is 0. The summed E-state index contributed by atoms with van der Waals surface area (Å²) in [5.74, 6) is 5.64. The normalized spacial score (nSPS) is 27.7. The zero-order chi connectivity index (χ0) is 22.3. The van der Waals surface area contributed by atoms with E-state index in [2.05, 4.69) is 6.92 Å². The van der Waals surface area contributed by atoms with Crippen molar-refractivity contribution in [3.8, 4) is 0 Å². The minimum absolute atomic E-state index is 1.09. The van der Waals surface area contributed by atoms with Crippen molar-refractivity contribution in [2.75, 3.05) is 0 Å². The molecule has 0 unspecified atom stereocenters. The van der Waals surface area contributed by atoms with Gasteiger partial charge in [0.15, 0.2) is 0 Å². The average Bonchev–Trinajstić information content (AvgIpc) is 2.92. The Labute approximate surface area is 203 Å². The molecule has 0 spiro atoms. The highest BCUT2D eigenvalue weighted by molar-refractivity contribution is 4.77. The van der Waals surface area contributed by atoms with E-state index in [9.17, 15) is 0 Å². The van der Waals surface area contributed by atoms with Crippen LogP contribution in [0.2, 0.25) is 0 Å². The summed E-state index contributed by atoms with van der Waals surface area (Å²) in [5, 5.41) is 0. The molecule has 5 fully saturated rings. The molecule has 0 atom stereocenters. The molecule has 5 aliphatic carbocycles. The average molecular weight is 445 g/mol. The van der Waals surface area contributed by atoms with Crippen LogP contribution in [0.4, 0.5) is 0 Å². The van der Waals surface area contributed by atoms with Crippen LogP contribution in [0.15, 0.2) is 0 Å². The van der Waals surface area contributed by atoms with Crippen LogP contribution in [-0.2, 0) is 0 Å². The summed E-state index contributed by atoms with van der Waals surface area (Å²) in [6.07, 6.45) is 39.7. The summed E-state index contributed by atoms with van der Waals surface area (Å²) in [4.78, 5) is 0. The van der Waals surface area contributed by atoms with Crippen molar-refractivity contribution in [1.29, 1.82) is 0 Å². The van der Waals surface area contributed by atoms with Crippen LogP contribution in [0.3, 0.4) is 0 Å². The lowest BCUT2D eigenvalue weighted by Gasteiger charge is -2.32. The zero-order valence-electron chi connectivity index (χ0n) is 22.3. The van der Waals surface area contributed by atoms with Crippen LogP contribution in [0, 0.1) is 29.6 Å². The standard InChI is InChI=1S/2C12H22.C8H16/c2*1-3-7-11(8-4-1)12-9-5-2-6-10-12;1-2-8-6-4-3-5-7-8/h2*11-12H,1-10H2;8H,2-7H2,1H3. The fourth-order valence-electron chi connectivity index (χ4n) is 8.02. The smallest absolute Gasteiger partial charge is 0.0386 e. The van der Waals surface area contributed by atoms with Crippen LogP contribution in [0.1, 0.15) is 174 Å². The highest BCUT2D eigenvalue weighted by atomic mass is 14.3. The van der Waals surface area contributed by atoms with Gasteiger partial charge in [-0.1, -0.05) is 174 Å². The topological polar surface area (TPSA) is 0 Å². The first-order valence-electron chi connectivity index (χ1n) is 15.9. The minimum Gasteiger partial charge on any atom is -0.0651 e. The highest BCUT2D eigenvalue weighted by Crippen LogP contribution is 2.39. The van der Waals surface area contributed by atoms with Gasteiger partial charge in [-0.05, 0) is 29.6 Å². The first-order valence-corrected chi connectivity index (χ1v) is 15.9. The second kappa shape index (κ2) is 16.6. The molecule has 0 saturated heterocycles. The van der Waals surface area contributed by atoms with Gasteiger partial charge in [0.1, 0.15) is 0 Å². The van der Waals surface area contributed by atoms with E-state index in [1.54, 1.807) is 51.4 Å². The maximum Gasteiger partial charge on any atom is -0.0386 e. The summed E-state index contributed by atoms with van der Waals surface area (Å²) in [6, 6.07) is 0. The second-order valence-corrected chi connectivity index (χ2v) is 12.5. The molecule has 32 heavy (non-hydrogen) atoms. The Hall–Kier alpha value is 0. The van der Waals surface area contributed by atoms with E-state index in [1.807, 2.05) is 0 Å². The molecule has 0 radical (unpaired) electrons. The van der Waals surface area contributed by atoms with E-state index in [0.717, 1.165) is 29.6 Å². The number of hydrogen-bond donors (Lipinski definition) is 0. The molecule has 0 nitrogen and oxygen atoms in total. The van der Waals surface area contributed by atoms with Gasteiger partial charge in [-0.3, -0.25) is 0 Å². The van der Waals surface area contributed by atoms with Crippen molar-refractivity contribution >= 4 is 0 Å². The molecule has 0 aromatic heterocycles. The molecule has 0 heteroatoms. The van der Waals surface area contributed by atoms with Gasteiger partial charge in [-0.15, -0.1) is 0 Å². The lowest BCUT2D eigenvalue weighted by molar-refractivity contribution is 0.196. The Balaban J connectivity index is 0.000000139. The lowest BCUT2D eigenvalue weighted by atomic mass is 9.73. The van der Waals surface area contributed by atoms with E-state index in [-0.39, 0.29) is 0 Å². The highest BCUT2D eigenvalue weighted by Gasteiger charge is 2.25. The molecule has 0 amide bonds. The molecule has 5 rings (SSSR count). The Bertz CT molecular complexity index is 345. The molecule has 0 N–H and O–H groups in total. The molecule has 0 aromatic carbocycles. The third-order valence-corrected chi connectivity index (χ3v) is 10.2. The minimum atomic E-state index is 1.09. The first kappa shape index (κ1) is 26.6. The molecular weight excluding hydrogens is 384 g/mol. The third-order valence-electron chi connectivity index (χ3n) is 10.2. The van der Waals surface area contributed by atoms with Gasteiger partial charge in [0, 0.05) is 0 Å². The van der Waals surface area contributed by atoms with Crippen molar-refractivity contribution in [3.05, 3.63) is 0 Å². The maximum atomic E-state index is 2.32. The van der Waals surface area contributed by atoms with Gasteiger partial charge < -0.3 is 0 Å². The molecule has 5 saturated carbocycles. The van der Waals surface area contributed by atoms with Gasteiger partial charge in [0.05, 0.1) is 0 Å². The van der Waals surface area contributed by atoms with E-state index >= 15 is 0 Å². The summed E-state index contributed by atoms with van der Waals surface area (Å²) >= 11 is 0. The van der Waals surface area contributed by atoms with Crippen LogP contribution in [-0.4, -0.2) is 0 Å². The first-order chi connectivity index (χ1) is 15.9. The van der Waals surface area contributed by atoms with Crippen molar-refractivity contribution in [3.63, 3.8) is 0 Å². The van der Waals surface area contributed by atoms with E-state index in [1.165, 1.54) is 116 Å². The fraction of sp³-hybridized carbons (Fsp3) is 1.00. The summed E-state index contributed by atoms with van der Waals surface area (Å²) in [6.45, 7) is 2.32. The van der Waals surface area contributed by atoms with Crippen molar-refractivity contribution < 1.29 is 0 Å². The number of rotatable bonds is 3. The molecule has 188 valence electrons. The van der Waals surface area contributed by atoms with E-state index in [4.69, 9.17) is 0 Å². The SMILES string of the molecule is C1CCC(C2CCCCC2)CC1.C1CCC(C2CCCCC2)CC1.CCC1CCCCC1. The Morgan fingerprint density at radius 2 is 0.531 bits per heavy atom. The van der Waals surface area contributed by atoms with Crippen LogP contribution in [0.25, 0.3) is 0 Å². The Morgan fingerprint density at radius 1 is 0.312 bits per heavy atom. The Morgan fingerprint density at radius 3 is 0.719 bits per heavy atom. The zero-order valence-corrected chi connectivity index (χ0v) is 22.3. The lowest BCUT2D eigenvalue weighted by Crippen LogP contribution is -2.20. The van der Waals surface area contributed by atoms with Crippen LogP contribution in [0.5, 0.6) is 0 Å². The third kappa shape index (κ3) is 10.1. The molecule has 0 heterocycles. The summed E-state index contributed by atoms with van der Waals surface area (Å²) < 4.78 is 0. The molecule has 0 aliphatic heterocycles.